The van der Waals surface area contributed by atoms with Crippen LogP contribution in [0.1, 0.15) is 27.0 Å². The summed E-state index contributed by atoms with van der Waals surface area (Å²) in [4.78, 5) is 41.4. The van der Waals surface area contributed by atoms with E-state index in [0.29, 0.717) is 16.1 Å². The third-order valence-corrected chi connectivity index (χ3v) is 5.84. The lowest BCUT2D eigenvalue weighted by Gasteiger charge is -2.02. The number of hydrogen-bond acceptors (Lipinski definition) is 8. The van der Waals surface area contributed by atoms with Gasteiger partial charge in [0.1, 0.15) is 5.75 Å². The number of phenolic OH excluding ortho intramolecular Hbond substituents is 2. The summed E-state index contributed by atoms with van der Waals surface area (Å²) in [5, 5.41) is 44.0. The molecular formula is C36H33ClO11. The van der Waals surface area contributed by atoms with E-state index in [1.807, 2.05) is 30.3 Å². The lowest BCUT2D eigenvalue weighted by Crippen LogP contribution is -1.96. The molecule has 0 atom stereocenters. The summed E-state index contributed by atoms with van der Waals surface area (Å²) in [6.45, 7) is 0. The number of hydrogen-bond donors (Lipinski definition) is 5. The second-order valence-corrected chi connectivity index (χ2v) is 9.29. The Balaban J connectivity index is 0.000000320. The van der Waals surface area contributed by atoms with Crippen molar-refractivity contribution in [3.8, 4) is 17.2 Å². The van der Waals surface area contributed by atoms with Crippen LogP contribution >= 0.6 is 11.6 Å². The highest BCUT2D eigenvalue weighted by Gasteiger charge is 2.07. The Morgan fingerprint density at radius 2 is 1.17 bits per heavy atom. The number of halogens is 1. The lowest BCUT2D eigenvalue weighted by molar-refractivity contribution is -0.135. The van der Waals surface area contributed by atoms with Gasteiger partial charge in [0.05, 0.1) is 19.8 Å². The molecule has 0 aliphatic carbocycles. The Morgan fingerprint density at radius 1 is 0.625 bits per heavy atom. The van der Waals surface area contributed by atoms with Crippen LogP contribution in [0.25, 0.3) is 18.2 Å². The summed E-state index contributed by atoms with van der Waals surface area (Å²) in [5.41, 5.74) is 2.29. The van der Waals surface area contributed by atoms with Gasteiger partial charge in [0.25, 0.3) is 0 Å². The van der Waals surface area contributed by atoms with Crippen molar-refractivity contribution >= 4 is 53.7 Å². The van der Waals surface area contributed by atoms with Crippen molar-refractivity contribution in [3.05, 3.63) is 143 Å². The zero-order valence-corrected chi connectivity index (χ0v) is 26.5. The number of carbonyl (C=O) groups is 4. The third kappa shape index (κ3) is 16.7. The molecule has 0 fully saturated rings. The average molecular weight is 677 g/mol. The zero-order chi connectivity index (χ0) is 35.9. The summed E-state index contributed by atoms with van der Waals surface area (Å²) in [5.74, 6) is -3.22. The molecule has 0 heterocycles. The van der Waals surface area contributed by atoms with Gasteiger partial charge in [0, 0.05) is 28.8 Å². The van der Waals surface area contributed by atoms with Crippen LogP contribution in [0.15, 0.2) is 115 Å². The van der Waals surface area contributed by atoms with Gasteiger partial charge in [-0.25, -0.2) is 19.2 Å². The molecule has 0 saturated heterocycles. The molecule has 0 aliphatic rings. The van der Waals surface area contributed by atoms with E-state index in [1.54, 1.807) is 48.5 Å². The lowest BCUT2D eigenvalue weighted by atomic mass is 10.2. The molecule has 0 bridgehead atoms. The van der Waals surface area contributed by atoms with E-state index >= 15 is 0 Å². The number of aliphatic carboxylic acids is 2. The molecule has 48 heavy (non-hydrogen) atoms. The molecule has 4 aromatic rings. The Bertz CT molecular complexity index is 1660. The fourth-order valence-electron chi connectivity index (χ4n) is 3.17. The third-order valence-electron chi connectivity index (χ3n) is 5.49. The number of phenols is 2. The number of rotatable bonds is 8. The second-order valence-electron chi connectivity index (χ2n) is 8.88. The largest absolute Gasteiger partial charge is 0.507 e. The molecule has 4 rings (SSSR count). The molecule has 4 aromatic carbocycles. The van der Waals surface area contributed by atoms with Crippen molar-refractivity contribution in [1.29, 1.82) is 0 Å². The van der Waals surface area contributed by atoms with Crippen LogP contribution in [0.3, 0.4) is 0 Å². The average Bonchev–Trinajstić information content (AvgIpc) is 3.08. The summed E-state index contributed by atoms with van der Waals surface area (Å²) in [6, 6.07) is 27.0. The Kier molecular flexibility index (Phi) is 18.4. The predicted octanol–water partition coefficient (Wildman–Crippen LogP) is 6.90. The van der Waals surface area contributed by atoms with Gasteiger partial charge in [-0.3, -0.25) is 0 Å². The molecular weight excluding hydrogens is 644 g/mol. The van der Waals surface area contributed by atoms with E-state index in [9.17, 15) is 24.3 Å². The number of carboxylic acid groups (broad SMARTS) is 3. The van der Waals surface area contributed by atoms with Crippen LogP contribution in [0.4, 0.5) is 0 Å². The van der Waals surface area contributed by atoms with E-state index < -0.39 is 17.9 Å². The molecule has 0 spiro atoms. The van der Waals surface area contributed by atoms with Crippen molar-refractivity contribution in [3.63, 3.8) is 0 Å². The quantitative estimate of drug-likeness (QED) is 0.0964. The van der Waals surface area contributed by atoms with Crippen molar-refractivity contribution in [2.45, 2.75) is 0 Å². The topological polar surface area (TPSA) is 188 Å². The summed E-state index contributed by atoms with van der Waals surface area (Å²) < 4.78 is 9.17. The normalized spacial score (nSPS) is 10.1. The number of aromatic carboxylic acids is 1. The number of para-hydroxylation sites is 1. The van der Waals surface area contributed by atoms with Crippen LogP contribution in [0.2, 0.25) is 5.02 Å². The number of esters is 1. The van der Waals surface area contributed by atoms with Gasteiger partial charge >= 0.3 is 23.9 Å². The van der Waals surface area contributed by atoms with Crippen LogP contribution < -0.4 is 4.74 Å². The van der Waals surface area contributed by atoms with Crippen LogP contribution in [-0.4, -0.2) is 63.6 Å². The van der Waals surface area contributed by atoms with Gasteiger partial charge in [-0.15, -0.1) is 0 Å². The van der Waals surface area contributed by atoms with Crippen LogP contribution in [0.5, 0.6) is 17.2 Å². The molecule has 0 unspecified atom stereocenters. The number of ether oxygens (including phenoxy) is 2. The van der Waals surface area contributed by atoms with Crippen molar-refractivity contribution in [1.82, 2.24) is 0 Å². The fourth-order valence-corrected chi connectivity index (χ4v) is 3.37. The molecule has 0 radical (unpaired) electrons. The maximum absolute atomic E-state index is 10.7. The van der Waals surface area contributed by atoms with Gasteiger partial charge in [0.15, 0.2) is 11.5 Å². The van der Waals surface area contributed by atoms with Gasteiger partial charge in [0.2, 0.25) is 0 Å². The number of aromatic hydroxyl groups is 2. The maximum Gasteiger partial charge on any atom is 0.335 e. The van der Waals surface area contributed by atoms with Crippen LogP contribution in [-0.2, 0) is 19.1 Å². The Labute approximate surface area is 281 Å². The first kappa shape index (κ1) is 39.7. The predicted molar refractivity (Wildman–Crippen MR) is 182 cm³/mol. The van der Waals surface area contributed by atoms with Gasteiger partial charge in [-0.05, 0) is 59.7 Å². The van der Waals surface area contributed by atoms with Crippen molar-refractivity contribution < 1.29 is 54.2 Å². The summed E-state index contributed by atoms with van der Waals surface area (Å²) in [6.07, 6.45) is 7.96. The number of carbonyl (C=O) groups excluding carboxylic acids is 1. The van der Waals surface area contributed by atoms with Gasteiger partial charge < -0.3 is 35.0 Å². The van der Waals surface area contributed by atoms with Crippen molar-refractivity contribution in [2.75, 3.05) is 14.2 Å². The monoisotopic (exact) mass is 676 g/mol. The van der Waals surface area contributed by atoms with E-state index in [0.717, 1.165) is 17.7 Å². The van der Waals surface area contributed by atoms with Gasteiger partial charge in [-0.1, -0.05) is 78.3 Å². The molecule has 0 aliphatic heterocycles. The molecule has 11 nitrogen and oxygen atoms in total. The molecule has 0 amide bonds. The Hall–Kier alpha value is -6.33. The Morgan fingerprint density at radius 3 is 1.69 bits per heavy atom. The van der Waals surface area contributed by atoms with E-state index in [1.165, 1.54) is 56.7 Å². The highest BCUT2D eigenvalue weighted by atomic mass is 35.5. The van der Waals surface area contributed by atoms with Crippen LogP contribution in [0, 0.1) is 0 Å². The first-order valence-corrected chi connectivity index (χ1v) is 14.0. The minimum Gasteiger partial charge on any atom is -0.507 e. The highest BCUT2D eigenvalue weighted by Crippen LogP contribution is 2.26. The highest BCUT2D eigenvalue weighted by molar-refractivity contribution is 6.32. The minimum atomic E-state index is -1.05. The van der Waals surface area contributed by atoms with E-state index in [4.69, 9.17) is 36.8 Å². The fraction of sp³-hybridized carbons (Fsp3) is 0.0556. The molecule has 12 heteroatoms. The molecule has 5 N–H and O–H groups in total. The smallest absolute Gasteiger partial charge is 0.335 e. The summed E-state index contributed by atoms with van der Waals surface area (Å²) >= 11 is 5.76. The number of benzene rings is 4. The minimum absolute atomic E-state index is 0.0671. The number of methoxy groups -OCH3 is 2. The maximum atomic E-state index is 10.7. The number of carboxylic acids is 3. The SMILES string of the molecule is COC(=O)/C=C/c1ccccc1.COc1cc(C(=O)O)ccc1O.O=C(O)/C=C/c1ccccc1Cl.O=C(O)/C=C/c1ccccc1O. The second kappa shape index (κ2) is 22.2. The van der Waals surface area contributed by atoms with E-state index in [-0.39, 0.29) is 28.8 Å². The molecule has 0 saturated carbocycles. The van der Waals surface area contributed by atoms with E-state index in [2.05, 4.69) is 4.74 Å². The van der Waals surface area contributed by atoms with Crippen molar-refractivity contribution in [2.24, 2.45) is 0 Å². The van der Waals surface area contributed by atoms with Gasteiger partial charge in [-0.2, -0.15) is 0 Å². The first-order chi connectivity index (χ1) is 22.9. The molecule has 250 valence electrons. The summed E-state index contributed by atoms with van der Waals surface area (Å²) in [7, 11) is 2.72. The zero-order valence-electron chi connectivity index (χ0n) is 25.8. The molecule has 0 aromatic heterocycles. The first-order valence-electron chi connectivity index (χ1n) is 13.6. The standard InChI is InChI=1S/C10H10O2.C9H7ClO2.C9H8O3.C8H8O4/c1-12-10(11)8-7-9-5-3-2-4-6-9;2*10-8-4-2-1-3-7(8)5-6-9(11)12;1-12-7-4-5(8(10)11)2-3-6(7)9/h2-8H,1H3;1-6H,(H,11,12);1-6,10H,(H,11,12);2-4,9H,1H3,(H,10,11)/b8-7+;2*6-5+;.